The molecule has 2 rings (SSSR count). The third kappa shape index (κ3) is 5.82. The number of amides is 1. The van der Waals surface area contributed by atoms with Crippen LogP contribution in [0.2, 0.25) is 0 Å². The number of anilines is 1. The van der Waals surface area contributed by atoms with Gasteiger partial charge in [0.05, 0.1) is 7.11 Å². The molecule has 0 fully saturated rings. The van der Waals surface area contributed by atoms with Gasteiger partial charge in [-0.25, -0.2) is 0 Å². The highest BCUT2D eigenvalue weighted by molar-refractivity contribution is 14.2. The molecular weight excluding hydrogens is 433 g/mol. The lowest BCUT2D eigenvalue weighted by Gasteiger charge is -2.08. The standard InChI is InChI=1S/C19H18INO4/c1-13(22)25-18-11-14(7-9-17(18)24-3)8-10-19(23)21-16-6-4-5-15(12-16)20-2/h4-12H,2H2,1,3H3,(H,21,23)/b10-8+. The summed E-state index contributed by atoms with van der Waals surface area (Å²) in [4.78, 5) is 23.2. The van der Waals surface area contributed by atoms with Crippen molar-refractivity contribution < 1.29 is 19.1 Å². The number of carbonyl (C=O) groups is 2. The molecule has 0 unspecified atom stereocenters. The first-order valence-electron chi connectivity index (χ1n) is 7.36. The lowest BCUT2D eigenvalue weighted by Crippen LogP contribution is -2.07. The molecule has 0 aliphatic carbocycles. The topological polar surface area (TPSA) is 64.6 Å². The zero-order chi connectivity index (χ0) is 18.2. The molecule has 0 saturated heterocycles. The van der Waals surface area contributed by atoms with E-state index in [-0.39, 0.29) is 26.6 Å². The average Bonchev–Trinajstić information content (AvgIpc) is 2.60. The van der Waals surface area contributed by atoms with E-state index >= 15 is 0 Å². The maximum absolute atomic E-state index is 12.1. The van der Waals surface area contributed by atoms with Crippen molar-refractivity contribution in [2.24, 2.45) is 0 Å². The second-order valence-electron chi connectivity index (χ2n) is 4.97. The maximum Gasteiger partial charge on any atom is 0.308 e. The van der Waals surface area contributed by atoms with E-state index in [9.17, 15) is 9.59 Å². The molecule has 0 radical (unpaired) electrons. The molecule has 1 amide bonds. The Morgan fingerprint density at radius 3 is 2.64 bits per heavy atom. The third-order valence-electron chi connectivity index (χ3n) is 3.11. The Morgan fingerprint density at radius 2 is 1.96 bits per heavy atom. The molecular formula is C19H18INO4. The Balaban J connectivity index is 2.10. The zero-order valence-corrected chi connectivity index (χ0v) is 16.1. The minimum absolute atomic E-state index is 0.246. The Bertz CT molecular complexity index is 830. The summed E-state index contributed by atoms with van der Waals surface area (Å²) in [6.45, 7) is 1.32. The quantitative estimate of drug-likeness (QED) is 0.314. The van der Waals surface area contributed by atoms with Crippen LogP contribution in [0.3, 0.4) is 0 Å². The highest BCUT2D eigenvalue weighted by Crippen LogP contribution is 2.28. The third-order valence-corrected chi connectivity index (χ3v) is 4.67. The molecule has 0 atom stereocenters. The fraction of sp³-hybridized carbons (Fsp3) is 0.105. The largest absolute Gasteiger partial charge is 0.493 e. The van der Waals surface area contributed by atoms with E-state index in [1.807, 2.05) is 24.3 Å². The van der Waals surface area contributed by atoms with Crippen molar-refractivity contribution in [1.29, 1.82) is 0 Å². The number of hydrogen-bond acceptors (Lipinski definition) is 4. The molecule has 0 spiro atoms. The van der Waals surface area contributed by atoms with Gasteiger partial charge in [-0.05, 0) is 42.0 Å². The van der Waals surface area contributed by atoms with Crippen molar-refractivity contribution in [3.8, 4) is 11.5 Å². The van der Waals surface area contributed by atoms with Gasteiger partial charge in [0.25, 0.3) is 0 Å². The smallest absolute Gasteiger partial charge is 0.308 e. The number of ether oxygens (including phenoxy) is 2. The minimum Gasteiger partial charge on any atom is -0.493 e. The van der Waals surface area contributed by atoms with Crippen LogP contribution in [0.1, 0.15) is 12.5 Å². The molecule has 0 saturated carbocycles. The Kier molecular flexibility index (Phi) is 6.88. The van der Waals surface area contributed by atoms with Crippen LogP contribution in [0.15, 0.2) is 48.5 Å². The molecule has 2 aromatic rings. The van der Waals surface area contributed by atoms with Crippen molar-refractivity contribution in [3.63, 3.8) is 0 Å². The molecule has 130 valence electrons. The van der Waals surface area contributed by atoms with Gasteiger partial charge in [0.2, 0.25) is 5.91 Å². The summed E-state index contributed by atoms with van der Waals surface area (Å²) in [7, 11) is 1.49. The number of rotatable bonds is 6. The number of carbonyl (C=O) groups excluding carboxylic acids is 2. The summed E-state index contributed by atoms with van der Waals surface area (Å²) in [5.41, 5.74) is 1.45. The van der Waals surface area contributed by atoms with Crippen LogP contribution < -0.4 is 14.8 Å². The van der Waals surface area contributed by atoms with Crippen LogP contribution in [0.4, 0.5) is 5.69 Å². The normalized spacial score (nSPS) is 10.5. The molecule has 0 aliphatic rings. The van der Waals surface area contributed by atoms with Crippen LogP contribution in [-0.4, -0.2) is 23.5 Å². The predicted octanol–water partition coefficient (Wildman–Crippen LogP) is 3.84. The van der Waals surface area contributed by atoms with Gasteiger partial charge in [0.15, 0.2) is 11.5 Å². The van der Waals surface area contributed by atoms with E-state index in [0.29, 0.717) is 17.1 Å². The molecule has 1 N–H and O–H groups in total. The van der Waals surface area contributed by atoms with Gasteiger partial charge in [-0.15, -0.1) is 0 Å². The first kappa shape index (κ1) is 18.9. The van der Waals surface area contributed by atoms with Crippen LogP contribution >= 0.6 is 20.7 Å². The van der Waals surface area contributed by atoms with E-state index in [2.05, 4.69) is 9.83 Å². The minimum atomic E-state index is -0.440. The van der Waals surface area contributed by atoms with Gasteiger partial charge in [0, 0.05) is 22.3 Å². The van der Waals surface area contributed by atoms with Crippen molar-refractivity contribution in [1.82, 2.24) is 0 Å². The van der Waals surface area contributed by atoms with E-state index in [0.717, 1.165) is 9.26 Å². The van der Waals surface area contributed by atoms with Crippen LogP contribution in [-0.2, 0) is 9.59 Å². The summed E-state index contributed by atoms with van der Waals surface area (Å²) < 4.78 is 15.3. The predicted molar refractivity (Wildman–Crippen MR) is 108 cm³/mol. The molecule has 2 aromatic carbocycles. The summed E-state index contributed by atoms with van der Waals surface area (Å²) in [6, 6.07) is 12.7. The van der Waals surface area contributed by atoms with E-state index in [1.54, 1.807) is 24.3 Å². The molecule has 0 heterocycles. The Hall–Kier alpha value is -2.48. The van der Waals surface area contributed by atoms with Crippen molar-refractivity contribution in [3.05, 3.63) is 57.7 Å². The summed E-state index contributed by atoms with van der Waals surface area (Å²) >= 11 is -0.268. The Labute approximate surface area is 156 Å². The number of benzene rings is 2. The van der Waals surface area contributed by atoms with Gasteiger partial charge >= 0.3 is 5.97 Å². The molecule has 5 nitrogen and oxygen atoms in total. The number of nitrogens with one attached hydrogen (secondary N) is 1. The SMILES string of the molecule is C=Ic1cccc(NC(=O)/C=C/c2ccc(OC)c(OC(C)=O)c2)c1. The molecule has 6 heteroatoms. The van der Waals surface area contributed by atoms with E-state index < -0.39 is 5.97 Å². The first-order chi connectivity index (χ1) is 12.0. The lowest BCUT2D eigenvalue weighted by molar-refractivity contribution is -0.132. The highest BCUT2D eigenvalue weighted by Gasteiger charge is 2.07. The van der Waals surface area contributed by atoms with Crippen molar-refractivity contribution in [2.45, 2.75) is 6.92 Å². The number of hydrogen-bond donors (Lipinski definition) is 1. The van der Waals surface area contributed by atoms with Gasteiger partial charge in [-0.2, -0.15) is 0 Å². The molecule has 0 aliphatic heterocycles. The Morgan fingerprint density at radius 1 is 1.16 bits per heavy atom. The van der Waals surface area contributed by atoms with Crippen LogP contribution in [0.25, 0.3) is 6.08 Å². The molecule has 25 heavy (non-hydrogen) atoms. The number of methoxy groups -OCH3 is 1. The highest BCUT2D eigenvalue weighted by atomic mass is 127. The lowest BCUT2D eigenvalue weighted by atomic mass is 10.2. The van der Waals surface area contributed by atoms with Crippen LogP contribution in [0, 0.1) is 3.57 Å². The number of esters is 1. The van der Waals surface area contributed by atoms with E-state index in [1.165, 1.54) is 20.1 Å². The molecule has 0 aromatic heterocycles. The van der Waals surface area contributed by atoms with E-state index in [4.69, 9.17) is 9.47 Å². The van der Waals surface area contributed by atoms with Gasteiger partial charge in [-0.3, -0.25) is 9.59 Å². The fourth-order valence-electron chi connectivity index (χ4n) is 2.04. The monoisotopic (exact) mass is 451 g/mol. The van der Waals surface area contributed by atoms with Crippen molar-refractivity contribution in [2.75, 3.05) is 12.4 Å². The fourth-order valence-corrected chi connectivity index (χ4v) is 3.05. The van der Waals surface area contributed by atoms with Gasteiger partial charge in [-0.1, -0.05) is 37.4 Å². The summed E-state index contributed by atoms with van der Waals surface area (Å²) in [6.07, 6.45) is 3.06. The molecule has 0 bridgehead atoms. The van der Waals surface area contributed by atoms with Gasteiger partial charge < -0.3 is 14.8 Å². The van der Waals surface area contributed by atoms with Crippen LogP contribution in [0.5, 0.6) is 11.5 Å². The average molecular weight is 451 g/mol. The number of halogens is 1. The summed E-state index contributed by atoms with van der Waals surface area (Å²) in [5.74, 6) is 0.0734. The second-order valence-corrected chi connectivity index (χ2v) is 6.98. The maximum atomic E-state index is 12.1. The van der Waals surface area contributed by atoms with Crippen molar-refractivity contribution >= 4 is 48.9 Å². The zero-order valence-electron chi connectivity index (χ0n) is 13.9. The second kappa shape index (κ2) is 9.12. The summed E-state index contributed by atoms with van der Waals surface area (Å²) in [5, 5.41) is 2.81. The van der Waals surface area contributed by atoms with Gasteiger partial charge in [0.1, 0.15) is 0 Å². The first-order valence-corrected chi connectivity index (χ1v) is 9.96.